The number of hydrogen-bond acceptors (Lipinski definition) is 5. The largest absolute Gasteiger partial charge is 0.327 e. The standard InChI is InChI=1S/C9H12N8OS/c1-6-4-17(9(19-2)13-8(6)18)5-7(14-16-11)3-12-15-10/h4,7H,3,5H2,1-2H3/t7-/m1/s1. The average molecular weight is 280 g/mol. The molecule has 0 radical (unpaired) electrons. The second-order valence-corrected chi connectivity index (χ2v) is 4.41. The van der Waals surface area contributed by atoms with Gasteiger partial charge in [-0.25, -0.2) is 0 Å². The van der Waals surface area contributed by atoms with Crippen LogP contribution >= 0.6 is 11.8 Å². The molecule has 10 heteroatoms. The lowest BCUT2D eigenvalue weighted by molar-refractivity contribution is 0.509. The monoisotopic (exact) mass is 280 g/mol. The number of thioether (sulfide) groups is 1. The maximum atomic E-state index is 11.4. The average Bonchev–Trinajstić information content (AvgIpc) is 2.40. The molecule has 0 amide bonds. The Hall–Kier alpha value is -2.15. The Morgan fingerprint density at radius 3 is 2.84 bits per heavy atom. The summed E-state index contributed by atoms with van der Waals surface area (Å²) in [7, 11) is 0. The van der Waals surface area contributed by atoms with Crippen LogP contribution in [0.5, 0.6) is 0 Å². The van der Waals surface area contributed by atoms with Crippen LogP contribution < -0.4 is 5.56 Å². The molecule has 1 atom stereocenters. The fourth-order valence-electron chi connectivity index (χ4n) is 1.44. The number of azide groups is 2. The van der Waals surface area contributed by atoms with Crippen LogP contribution in [0.4, 0.5) is 0 Å². The van der Waals surface area contributed by atoms with Crippen molar-refractivity contribution >= 4 is 11.8 Å². The minimum absolute atomic E-state index is 0.0551. The van der Waals surface area contributed by atoms with Gasteiger partial charge < -0.3 is 4.57 Å². The van der Waals surface area contributed by atoms with Crippen molar-refractivity contribution in [3.8, 4) is 0 Å². The van der Waals surface area contributed by atoms with E-state index < -0.39 is 6.04 Å². The van der Waals surface area contributed by atoms with E-state index in [1.807, 2.05) is 0 Å². The zero-order valence-corrected chi connectivity index (χ0v) is 11.3. The first-order valence-corrected chi connectivity index (χ1v) is 6.52. The smallest absolute Gasteiger partial charge is 0.276 e. The van der Waals surface area contributed by atoms with Crippen LogP contribution in [-0.2, 0) is 6.54 Å². The first-order chi connectivity index (χ1) is 9.12. The zero-order chi connectivity index (χ0) is 14.3. The number of rotatable bonds is 6. The van der Waals surface area contributed by atoms with Gasteiger partial charge in [-0.15, -0.1) is 0 Å². The predicted octanol–water partition coefficient (Wildman–Crippen LogP) is 2.26. The Labute approximate surface area is 112 Å². The van der Waals surface area contributed by atoms with Crippen LogP contribution in [0.2, 0.25) is 0 Å². The third-order valence-electron chi connectivity index (χ3n) is 2.29. The highest BCUT2D eigenvalue weighted by atomic mass is 32.2. The van der Waals surface area contributed by atoms with E-state index in [2.05, 4.69) is 25.0 Å². The summed E-state index contributed by atoms with van der Waals surface area (Å²) in [5.41, 5.74) is 17.0. The fourth-order valence-corrected chi connectivity index (χ4v) is 1.97. The van der Waals surface area contributed by atoms with Crippen molar-refractivity contribution in [1.82, 2.24) is 9.55 Å². The van der Waals surface area contributed by atoms with Crippen LogP contribution in [0.3, 0.4) is 0 Å². The summed E-state index contributed by atoms with van der Waals surface area (Å²) in [5.74, 6) is 0. The summed E-state index contributed by atoms with van der Waals surface area (Å²) < 4.78 is 1.72. The minimum atomic E-state index is -0.518. The van der Waals surface area contributed by atoms with E-state index in [1.54, 1.807) is 23.9 Å². The molecule has 0 aliphatic rings. The van der Waals surface area contributed by atoms with E-state index in [0.717, 1.165) is 0 Å². The van der Waals surface area contributed by atoms with E-state index in [4.69, 9.17) is 11.1 Å². The molecule has 0 saturated heterocycles. The third-order valence-corrected chi connectivity index (χ3v) is 2.98. The van der Waals surface area contributed by atoms with Gasteiger partial charge in [0, 0.05) is 34.7 Å². The van der Waals surface area contributed by atoms with Gasteiger partial charge >= 0.3 is 0 Å². The Kier molecular flexibility index (Phi) is 5.74. The molecule has 0 unspecified atom stereocenters. The van der Waals surface area contributed by atoms with Gasteiger partial charge in [-0.2, -0.15) is 4.98 Å². The van der Waals surface area contributed by atoms with Crippen molar-refractivity contribution in [3.63, 3.8) is 0 Å². The highest BCUT2D eigenvalue weighted by Crippen LogP contribution is 2.12. The Morgan fingerprint density at radius 2 is 2.26 bits per heavy atom. The van der Waals surface area contributed by atoms with Gasteiger partial charge in [-0.05, 0) is 24.2 Å². The van der Waals surface area contributed by atoms with E-state index in [0.29, 0.717) is 17.3 Å². The van der Waals surface area contributed by atoms with Crippen LogP contribution in [0, 0.1) is 6.92 Å². The van der Waals surface area contributed by atoms with Crippen molar-refractivity contribution in [1.29, 1.82) is 0 Å². The summed E-state index contributed by atoms with van der Waals surface area (Å²) in [6, 6.07) is -0.518. The van der Waals surface area contributed by atoms with Gasteiger partial charge in [-0.1, -0.05) is 22.0 Å². The molecule has 100 valence electrons. The van der Waals surface area contributed by atoms with E-state index >= 15 is 0 Å². The van der Waals surface area contributed by atoms with Gasteiger partial charge in [-0.3, -0.25) is 4.79 Å². The van der Waals surface area contributed by atoms with Gasteiger partial charge in [0.2, 0.25) is 0 Å². The molecule has 0 spiro atoms. The van der Waals surface area contributed by atoms with Gasteiger partial charge in [0.05, 0.1) is 6.04 Å². The molecule has 1 heterocycles. The van der Waals surface area contributed by atoms with Crippen molar-refractivity contribution in [3.05, 3.63) is 43.0 Å². The second-order valence-electron chi connectivity index (χ2n) is 3.64. The maximum absolute atomic E-state index is 11.4. The molecule has 1 aromatic rings. The van der Waals surface area contributed by atoms with Gasteiger partial charge in [0.1, 0.15) is 0 Å². The summed E-state index contributed by atoms with van der Waals surface area (Å²) in [6.45, 7) is 2.01. The summed E-state index contributed by atoms with van der Waals surface area (Å²) in [6.07, 6.45) is 3.45. The second kappa shape index (κ2) is 7.32. The molecule has 0 N–H and O–H groups in total. The molecule has 0 aliphatic heterocycles. The Morgan fingerprint density at radius 1 is 1.53 bits per heavy atom. The van der Waals surface area contributed by atoms with Crippen LogP contribution in [-0.4, -0.2) is 28.4 Å². The molecule has 0 saturated carbocycles. The number of aromatic nitrogens is 2. The van der Waals surface area contributed by atoms with Crippen LogP contribution in [0.25, 0.3) is 20.9 Å². The lowest BCUT2D eigenvalue weighted by Gasteiger charge is -2.14. The summed E-state index contributed by atoms with van der Waals surface area (Å²) in [5, 5.41) is 7.48. The molecule has 9 nitrogen and oxygen atoms in total. The van der Waals surface area contributed by atoms with Crippen LogP contribution in [0.1, 0.15) is 5.56 Å². The third kappa shape index (κ3) is 4.22. The molecule has 1 aromatic heterocycles. The summed E-state index contributed by atoms with van der Waals surface area (Å²) in [4.78, 5) is 20.7. The predicted molar refractivity (Wildman–Crippen MR) is 72.0 cm³/mol. The zero-order valence-electron chi connectivity index (χ0n) is 10.5. The Bertz CT molecular complexity index is 599. The number of hydrogen-bond donors (Lipinski definition) is 0. The van der Waals surface area contributed by atoms with E-state index in [1.165, 1.54) is 11.8 Å². The molecule has 0 aliphatic carbocycles. The van der Waals surface area contributed by atoms with E-state index in [-0.39, 0.29) is 12.1 Å². The van der Waals surface area contributed by atoms with E-state index in [9.17, 15) is 4.79 Å². The summed E-state index contributed by atoms with van der Waals surface area (Å²) >= 11 is 1.32. The normalized spacial score (nSPS) is 11.3. The van der Waals surface area contributed by atoms with Crippen molar-refractivity contribution in [2.45, 2.75) is 24.7 Å². The first-order valence-electron chi connectivity index (χ1n) is 5.29. The van der Waals surface area contributed by atoms with Crippen molar-refractivity contribution < 1.29 is 0 Å². The molecular formula is C9H12N8OS. The first kappa shape index (κ1) is 14.9. The lowest BCUT2D eigenvalue weighted by atomic mass is 10.3. The molecule has 1 rings (SSSR count). The SMILES string of the molecule is CSc1nc(=O)c(C)cn1C[C@@H](CN=[N+]=[N-])N=[N+]=[N-]. The van der Waals surface area contributed by atoms with Crippen molar-refractivity contribution in [2.24, 2.45) is 10.2 Å². The quantitative estimate of drug-likeness (QED) is 0.260. The molecule has 19 heavy (non-hydrogen) atoms. The molecule has 0 bridgehead atoms. The highest BCUT2D eigenvalue weighted by molar-refractivity contribution is 7.98. The maximum Gasteiger partial charge on any atom is 0.276 e. The lowest BCUT2D eigenvalue weighted by Crippen LogP contribution is -2.23. The minimum Gasteiger partial charge on any atom is -0.327 e. The fraction of sp³-hybridized carbons (Fsp3) is 0.556. The van der Waals surface area contributed by atoms with Crippen LogP contribution in [0.15, 0.2) is 26.4 Å². The highest BCUT2D eigenvalue weighted by Gasteiger charge is 2.10. The van der Waals surface area contributed by atoms with Gasteiger partial charge in [0.15, 0.2) is 5.16 Å². The number of nitrogens with zero attached hydrogens (tertiary/aromatic N) is 8. The Balaban J connectivity index is 3.07. The number of aryl methyl sites for hydroxylation is 1. The topological polar surface area (TPSA) is 132 Å². The molecular weight excluding hydrogens is 268 g/mol. The molecule has 0 fully saturated rings. The molecule has 0 aromatic carbocycles. The van der Waals surface area contributed by atoms with Gasteiger partial charge in [0.25, 0.3) is 5.56 Å². The van der Waals surface area contributed by atoms with Crippen molar-refractivity contribution in [2.75, 3.05) is 12.8 Å².